The van der Waals surface area contributed by atoms with Crippen LogP contribution in [0.2, 0.25) is 0 Å². The molecule has 0 N–H and O–H groups in total. The van der Waals surface area contributed by atoms with Crippen molar-refractivity contribution in [3.63, 3.8) is 0 Å². The lowest BCUT2D eigenvalue weighted by atomic mass is 10.1. The number of carbonyl (C=O) groups excluding carboxylic acids is 2. The monoisotopic (exact) mass is 363 g/mol. The van der Waals surface area contributed by atoms with E-state index in [4.69, 9.17) is 9.47 Å². The largest absolute Gasteiger partial charge is 0.454 e. The van der Waals surface area contributed by atoms with Gasteiger partial charge in [0.15, 0.2) is 11.5 Å². The number of hydrogen-bond acceptors (Lipinski definition) is 6. The second kappa shape index (κ2) is 8.32. The van der Waals surface area contributed by atoms with Gasteiger partial charge in [-0.25, -0.2) is 0 Å². The number of nitro groups is 1. The molecule has 1 aromatic carbocycles. The molecule has 2 amide bonds. The summed E-state index contributed by atoms with van der Waals surface area (Å²) in [6.07, 6.45) is 2.53. The van der Waals surface area contributed by atoms with Crippen molar-refractivity contribution >= 4 is 23.6 Å². The minimum absolute atomic E-state index is 0.00517. The Kier molecular flexibility index (Phi) is 6.16. The molecule has 2 rings (SSSR count). The molecule has 1 aromatic rings. The quantitative estimate of drug-likeness (QED) is 0.415. The van der Waals surface area contributed by atoms with Gasteiger partial charge in [0, 0.05) is 26.2 Å². The minimum atomic E-state index is -0.556. The van der Waals surface area contributed by atoms with Crippen LogP contribution < -0.4 is 9.47 Å². The summed E-state index contributed by atoms with van der Waals surface area (Å²) in [4.78, 5) is 37.8. The number of carbonyl (C=O) groups is 2. The Bertz CT molecular complexity index is 742. The zero-order valence-corrected chi connectivity index (χ0v) is 14.9. The Morgan fingerprint density at radius 2 is 1.85 bits per heavy atom. The lowest BCUT2D eigenvalue weighted by Gasteiger charge is -2.22. The van der Waals surface area contributed by atoms with Crippen molar-refractivity contribution < 1.29 is 24.0 Å². The van der Waals surface area contributed by atoms with Crippen molar-refractivity contribution in [2.24, 2.45) is 0 Å². The van der Waals surface area contributed by atoms with Gasteiger partial charge in [0.1, 0.15) is 0 Å². The van der Waals surface area contributed by atoms with Gasteiger partial charge >= 0.3 is 0 Å². The summed E-state index contributed by atoms with van der Waals surface area (Å²) in [6, 6.07) is 2.71. The number of hydrogen-bond donors (Lipinski definition) is 0. The van der Waals surface area contributed by atoms with Gasteiger partial charge in [-0.05, 0) is 26.0 Å². The molecule has 0 aliphatic carbocycles. The topological polar surface area (TPSA) is 102 Å². The molecule has 0 spiro atoms. The lowest BCUT2D eigenvalue weighted by Crippen LogP contribution is -2.40. The van der Waals surface area contributed by atoms with Gasteiger partial charge in [-0.1, -0.05) is 0 Å². The van der Waals surface area contributed by atoms with E-state index in [1.807, 2.05) is 13.8 Å². The molecule has 0 saturated carbocycles. The van der Waals surface area contributed by atoms with E-state index in [-0.39, 0.29) is 30.5 Å². The zero-order valence-electron chi connectivity index (χ0n) is 14.9. The highest BCUT2D eigenvalue weighted by Crippen LogP contribution is 2.38. The summed E-state index contributed by atoms with van der Waals surface area (Å²) in [6.45, 7) is 4.79. The molecule has 0 saturated heterocycles. The molecule has 0 aromatic heterocycles. The molecule has 0 fully saturated rings. The summed E-state index contributed by atoms with van der Waals surface area (Å²) in [5.74, 6) is 0.0839. The highest BCUT2D eigenvalue weighted by molar-refractivity contribution is 5.94. The molecule has 0 bridgehead atoms. The first-order chi connectivity index (χ1) is 12.4. The van der Waals surface area contributed by atoms with Crippen LogP contribution in [0.1, 0.15) is 19.4 Å². The molecule has 9 heteroatoms. The van der Waals surface area contributed by atoms with Gasteiger partial charge < -0.3 is 19.3 Å². The standard InChI is InChI=1S/C17H21N3O6/c1-4-19(5-2)17(22)10-18(3)16(21)7-6-12-8-14-15(26-11-25-14)9-13(12)20(23)24/h6-9H,4-5,10-11H2,1-3H3/b7-6-. The molecule has 1 heterocycles. The normalized spacial score (nSPS) is 12.3. The van der Waals surface area contributed by atoms with E-state index >= 15 is 0 Å². The van der Waals surface area contributed by atoms with Crippen molar-refractivity contribution in [3.05, 3.63) is 33.9 Å². The highest BCUT2D eigenvalue weighted by Gasteiger charge is 2.22. The Morgan fingerprint density at radius 1 is 1.23 bits per heavy atom. The van der Waals surface area contributed by atoms with Gasteiger partial charge in [-0.3, -0.25) is 19.7 Å². The van der Waals surface area contributed by atoms with Gasteiger partial charge in [0.05, 0.1) is 23.1 Å². The third-order valence-corrected chi connectivity index (χ3v) is 3.99. The third kappa shape index (κ3) is 4.29. The molecule has 26 heavy (non-hydrogen) atoms. The number of nitro benzene ring substituents is 1. The minimum Gasteiger partial charge on any atom is -0.454 e. The maximum absolute atomic E-state index is 12.2. The van der Waals surface area contributed by atoms with E-state index in [0.717, 1.165) is 0 Å². The maximum Gasteiger partial charge on any atom is 0.280 e. The van der Waals surface area contributed by atoms with E-state index in [0.29, 0.717) is 24.6 Å². The van der Waals surface area contributed by atoms with Crippen molar-refractivity contribution in [3.8, 4) is 11.5 Å². The second-order valence-corrected chi connectivity index (χ2v) is 5.62. The van der Waals surface area contributed by atoms with E-state index in [1.165, 1.54) is 36.2 Å². The average Bonchev–Trinajstić information content (AvgIpc) is 3.06. The predicted octanol–water partition coefficient (Wildman–Crippen LogP) is 1.66. The number of benzene rings is 1. The van der Waals surface area contributed by atoms with Crippen LogP contribution in [0.15, 0.2) is 18.2 Å². The van der Waals surface area contributed by atoms with Crippen molar-refractivity contribution in [1.29, 1.82) is 0 Å². The molecule has 140 valence electrons. The fraction of sp³-hybridized carbons (Fsp3) is 0.412. The van der Waals surface area contributed by atoms with Crippen molar-refractivity contribution in [2.45, 2.75) is 13.8 Å². The highest BCUT2D eigenvalue weighted by atomic mass is 16.7. The van der Waals surface area contributed by atoms with Gasteiger partial charge in [0.2, 0.25) is 18.6 Å². The number of amides is 2. The Labute approximate surface area is 150 Å². The van der Waals surface area contributed by atoms with Crippen LogP contribution in [0.4, 0.5) is 5.69 Å². The average molecular weight is 363 g/mol. The molecule has 0 radical (unpaired) electrons. The molecule has 1 aliphatic heterocycles. The second-order valence-electron chi connectivity index (χ2n) is 5.62. The summed E-state index contributed by atoms with van der Waals surface area (Å²) in [5, 5.41) is 11.2. The van der Waals surface area contributed by atoms with Crippen LogP contribution in [0.25, 0.3) is 6.08 Å². The molecule has 9 nitrogen and oxygen atoms in total. The first-order valence-electron chi connectivity index (χ1n) is 8.16. The molecule has 1 aliphatic rings. The zero-order chi connectivity index (χ0) is 19.3. The van der Waals surface area contributed by atoms with Crippen molar-refractivity contribution in [2.75, 3.05) is 33.5 Å². The smallest absolute Gasteiger partial charge is 0.280 e. The van der Waals surface area contributed by atoms with Crippen LogP contribution in [-0.4, -0.2) is 60.0 Å². The van der Waals surface area contributed by atoms with Crippen LogP contribution in [0, 0.1) is 10.1 Å². The van der Waals surface area contributed by atoms with E-state index < -0.39 is 10.8 Å². The van der Waals surface area contributed by atoms with Crippen LogP contribution in [0.3, 0.4) is 0 Å². The Hall–Kier alpha value is -3.10. The Morgan fingerprint density at radius 3 is 2.42 bits per heavy atom. The van der Waals surface area contributed by atoms with E-state index in [9.17, 15) is 19.7 Å². The van der Waals surface area contributed by atoms with E-state index in [2.05, 4.69) is 0 Å². The van der Waals surface area contributed by atoms with Crippen LogP contribution >= 0.6 is 0 Å². The number of nitrogens with zero attached hydrogens (tertiary/aromatic N) is 3. The first-order valence-corrected chi connectivity index (χ1v) is 8.16. The molecule has 0 unspecified atom stereocenters. The number of ether oxygens (including phenoxy) is 2. The van der Waals surface area contributed by atoms with Gasteiger partial charge in [0.25, 0.3) is 5.69 Å². The first kappa shape index (κ1) is 19.2. The molecular weight excluding hydrogens is 342 g/mol. The van der Waals surface area contributed by atoms with Crippen LogP contribution in [0.5, 0.6) is 11.5 Å². The molecule has 0 atom stereocenters. The summed E-state index contributed by atoms with van der Waals surface area (Å²) < 4.78 is 10.3. The SMILES string of the molecule is CCN(CC)C(=O)CN(C)C(=O)/C=C\c1cc2c(cc1[N+](=O)[O-])OCO2. The fourth-order valence-electron chi connectivity index (χ4n) is 2.48. The maximum atomic E-state index is 12.2. The van der Waals surface area contributed by atoms with Crippen molar-refractivity contribution in [1.82, 2.24) is 9.80 Å². The van der Waals surface area contributed by atoms with Crippen LogP contribution in [-0.2, 0) is 9.59 Å². The fourth-order valence-corrected chi connectivity index (χ4v) is 2.48. The predicted molar refractivity (Wildman–Crippen MR) is 93.8 cm³/mol. The summed E-state index contributed by atoms with van der Waals surface area (Å²) in [5.41, 5.74) is 0.0243. The number of rotatable bonds is 7. The molecular formula is C17H21N3O6. The number of likely N-dealkylation sites (N-methyl/N-ethyl adjacent to an activating group) is 2. The summed E-state index contributed by atoms with van der Waals surface area (Å²) >= 11 is 0. The van der Waals surface area contributed by atoms with E-state index in [1.54, 1.807) is 4.90 Å². The lowest BCUT2D eigenvalue weighted by molar-refractivity contribution is -0.385. The van der Waals surface area contributed by atoms with Gasteiger partial charge in [-0.15, -0.1) is 0 Å². The third-order valence-electron chi connectivity index (χ3n) is 3.99. The van der Waals surface area contributed by atoms with Gasteiger partial charge in [-0.2, -0.15) is 0 Å². The number of fused-ring (bicyclic) bond motifs is 1. The Balaban J connectivity index is 2.12. The summed E-state index contributed by atoms with van der Waals surface area (Å²) in [7, 11) is 1.50.